The van der Waals surface area contributed by atoms with Crippen molar-refractivity contribution in [3.05, 3.63) is 59.7 Å². The molecule has 1 N–H and O–H groups in total. The number of nitrogens with one attached hydrogen (secondary N) is 1. The zero-order valence-corrected chi connectivity index (χ0v) is 10.2. The lowest BCUT2D eigenvalue weighted by Crippen LogP contribution is -2.18. The highest BCUT2D eigenvalue weighted by atomic mass is 14.9. The Morgan fingerprint density at radius 2 is 1.94 bits per heavy atom. The fourth-order valence-electron chi connectivity index (χ4n) is 1.65. The van der Waals surface area contributed by atoms with Crippen LogP contribution in [0.25, 0.3) is 0 Å². The highest BCUT2D eigenvalue weighted by Crippen LogP contribution is 2.13. The zero-order valence-electron chi connectivity index (χ0n) is 10.2. The van der Waals surface area contributed by atoms with E-state index < -0.39 is 0 Å². The molecule has 0 radical (unpaired) electrons. The first kappa shape index (κ1) is 11.7. The van der Waals surface area contributed by atoms with Crippen LogP contribution < -0.4 is 5.32 Å². The molecule has 0 saturated carbocycles. The van der Waals surface area contributed by atoms with Gasteiger partial charge in [0.1, 0.15) is 6.33 Å². The topological polar surface area (TPSA) is 37.8 Å². The van der Waals surface area contributed by atoms with Gasteiger partial charge in [0.05, 0.1) is 5.69 Å². The van der Waals surface area contributed by atoms with E-state index in [1.807, 2.05) is 6.07 Å². The normalized spacial score (nSPS) is 12.4. The second kappa shape index (κ2) is 5.55. The maximum absolute atomic E-state index is 4.18. The van der Waals surface area contributed by atoms with Gasteiger partial charge in [-0.15, -0.1) is 0 Å². The SMILES string of the molecule is Cc1ccc([C@H](C)NCc2ccncn2)cc1. The molecule has 2 aromatic rings. The summed E-state index contributed by atoms with van der Waals surface area (Å²) >= 11 is 0. The van der Waals surface area contributed by atoms with Gasteiger partial charge >= 0.3 is 0 Å². The summed E-state index contributed by atoms with van der Waals surface area (Å²) in [6, 6.07) is 10.8. The van der Waals surface area contributed by atoms with Gasteiger partial charge in [-0.05, 0) is 25.5 Å². The Kier molecular flexibility index (Phi) is 3.83. The molecule has 0 aliphatic carbocycles. The molecule has 1 atom stereocenters. The Morgan fingerprint density at radius 1 is 1.18 bits per heavy atom. The number of hydrogen-bond donors (Lipinski definition) is 1. The van der Waals surface area contributed by atoms with Gasteiger partial charge < -0.3 is 5.32 Å². The monoisotopic (exact) mass is 227 g/mol. The van der Waals surface area contributed by atoms with Crippen molar-refractivity contribution in [3.63, 3.8) is 0 Å². The molecule has 2 rings (SSSR count). The van der Waals surface area contributed by atoms with E-state index >= 15 is 0 Å². The van der Waals surface area contributed by atoms with E-state index in [-0.39, 0.29) is 0 Å². The van der Waals surface area contributed by atoms with Crippen molar-refractivity contribution in [2.45, 2.75) is 26.4 Å². The van der Waals surface area contributed by atoms with Crippen molar-refractivity contribution in [3.8, 4) is 0 Å². The third kappa shape index (κ3) is 3.36. The number of aryl methyl sites for hydroxylation is 1. The van der Waals surface area contributed by atoms with Crippen molar-refractivity contribution in [1.29, 1.82) is 0 Å². The molecule has 3 heteroatoms. The van der Waals surface area contributed by atoms with E-state index in [1.165, 1.54) is 11.1 Å². The van der Waals surface area contributed by atoms with Crippen LogP contribution in [0.2, 0.25) is 0 Å². The predicted molar refractivity (Wildman–Crippen MR) is 68.5 cm³/mol. The van der Waals surface area contributed by atoms with E-state index in [0.717, 1.165) is 12.2 Å². The Hall–Kier alpha value is -1.74. The van der Waals surface area contributed by atoms with Crippen molar-refractivity contribution < 1.29 is 0 Å². The Morgan fingerprint density at radius 3 is 2.59 bits per heavy atom. The maximum Gasteiger partial charge on any atom is 0.115 e. The van der Waals surface area contributed by atoms with E-state index in [1.54, 1.807) is 12.5 Å². The number of nitrogens with zero attached hydrogens (tertiary/aromatic N) is 2. The summed E-state index contributed by atoms with van der Waals surface area (Å²) in [5, 5.41) is 3.44. The molecule has 0 aliphatic rings. The molecule has 0 fully saturated rings. The predicted octanol–water partition coefficient (Wildman–Crippen LogP) is 2.64. The fourth-order valence-corrected chi connectivity index (χ4v) is 1.65. The molecule has 0 amide bonds. The summed E-state index contributed by atoms with van der Waals surface area (Å²) in [5.41, 5.74) is 3.60. The van der Waals surface area contributed by atoms with E-state index in [4.69, 9.17) is 0 Å². The summed E-state index contributed by atoms with van der Waals surface area (Å²) < 4.78 is 0. The van der Waals surface area contributed by atoms with Gasteiger partial charge in [0.25, 0.3) is 0 Å². The molecule has 1 aromatic heterocycles. The standard InChI is InChI=1S/C14H17N3/c1-11-3-5-13(6-4-11)12(2)16-9-14-7-8-15-10-17-14/h3-8,10,12,16H,9H2,1-2H3/t12-/m0/s1. The zero-order chi connectivity index (χ0) is 12.1. The van der Waals surface area contributed by atoms with Crippen LogP contribution in [-0.2, 0) is 6.54 Å². The van der Waals surface area contributed by atoms with Gasteiger partial charge in [0.15, 0.2) is 0 Å². The molecule has 1 heterocycles. The van der Waals surface area contributed by atoms with E-state index in [2.05, 4.69) is 53.4 Å². The molecule has 1 aromatic carbocycles. The van der Waals surface area contributed by atoms with Crippen LogP contribution in [0.4, 0.5) is 0 Å². The second-order valence-electron chi connectivity index (χ2n) is 4.21. The fraction of sp³-hybridized carbons (Fsp3) is 0.286. The van der Waals surface area contributed by atoms with Crippen LogP contribution in [0.5, 0.6) is 0 Å². The molecule has 88 valence electrons. The first-order chi connectivity index (χ1) is 8.25. The summed E-state index contributed by atoms with van der Waals surface area (Å²) in [6.07, 6.45) is 3.34. The molecule has 3 nitrogen and oxygen atoms in total. The second-order valence-corrected chi connectivity index (χ2v) is 4.21. The number of aromatic nitrogens is 2. The van der Waals surface area contributed by atoms with Crippen LogP contribution in [0, 0.1) is 6.92 Å². The average molecular weight is 227 g/mol. The first-order valence-corrected chi connectivity index (χ1v) is 5.80. The van der Waals surface area contributed by atoms with Crippen molar-refractivity contribution in [2.24, 2.45) is 0 Å². The smallest absolute Gasteiger partial charge is 0.115 e. The van der Waals surface area contributed by atoms with Crippen LogP contribution in [-0.4, -0.2) is 9.97 Å². The lowest BCUT2D eigenvalue weighted by molar-refractivity contribution is 0.567. The molecule has 0 bridgehead atoms. The summed E-state index contributed by atoms with van der Waals surface area (Å²) in [7, 11) is 0. The minimum Gasteiger partial charge on any atom is -0.305 e. The van der Waals surface area contributed by atoms with Crippen LogP contribution in [0.1, 0.15) is 29.8 Å². The third-order valence-electron chi connectivity index (χ3n) is 2.81. The lowest BCUT2D eigenvalue weighted by Gasteiger charge is -2.14. The lowest BCUT2D eigenvalue weighted by atomic mass is 10.1. The third-order valence-corrected chi connectivity index (χ3v) is 2.81. The van der Waals surface area contributed by atoms with E-state index in [9.17, 15) is 0 Å². The summed E-state index contributed by atoms with van der Waals surface area (Å²) in [5.74, 6) is 0. The van der Waals surface area contributed by atoms with E-state index in [0.29, 0.717) is 6.04 Å². The van der Waals surface area contributed by atoms with Crippen LogP contribution in [0.15, 0.2) is 42.9 Å². The van der Waals surface area contributed by atoms with Crippen molar-refractivity contribution >= 4 is 0 Å². The molecular weight excluding hydrogens is 210 g/mol. The van der Waals surface area contributed by atoms with Crippen molar-refractivity contribution in [1.82, 2.24) is 15.3 Å². The van der Waals surface area contributed by atoms with Gasteiger partial charge in [0.2, 0.25) is 0 Å². The van der Waals surface area contributed by atoms with Crippen molar-refractivity contribution in [2.75, 3.05) is 0 Å². The van der Waals surface area contributed by atoms with Gasteiger partial charge in [-0.2, -0.15) is 0 Å². The van der Waals surface area contributed by atoms with Gasteiger partial charge in [-0.1, -0.05) is 29.8 Å². The Bertz CT molecular complexity index is 451. The average Bonchev–Trinajstić information content (AvgIpc) is 2.38. The number of benzene rings is 1. The molecule has 0 spiro atoms. The molecule has 17 heavy (non-hydrogen) atoms. The van der Waals surface area contributed by atoms with Crippen LogP contribution in [0.3, 0.4) is 0 Å². The highest BCUT2D eigenvalue weighted by molar-refractivity contribution is 5.23. The largest absolute Gasteiger partial charge is 0.305 e. The Labute approximate surface area is 102 Å². The summed E-state index contributed by atoms with van der Waals surface area (Å²) in [4.78, 5) is 8.09. The number of hydrogen-bond acceptors (Lipinski definition) is 3. The molecule has 0 aliphatic heterocycles. The van der Waals surface area contributed by atoms with Gasteiger partial charge in [0, 0.05) is 18.8 Å². The minimum atomic E-state index is 0.325. The molecule has 0 saturated heterocycles. The number of rotatable bonds is 4. The van der Waals surface area contributed by atoms with Gasteiger partial charge in [-0.25, -0.2) is 9.97 Å². The van der Waals surface area contributed by atoms with Crippen LogP contribution >= 0.6 is 0 Å². The summed E-state index contributed by atoms with van der Waals surface area (Å²) in [6.45, 7) is 5.02. The Balaban J connectivity index is 1.93. The maximum atomic E-state index is 4.18. The highest BCUT2D eigenvalue weighted by Gasteiger charge is 2.04. The minimum absolute atomic E-state index is 0.325. The quantitative estimate of drug-likeness (QED) is 0.872. The molecule has 0 unspecified atom stereocenters. The first-order valence-electron chi connectivity index (χ1n) is 5.80. The molecular formula is C14H17N3. The van der Waals surface area contributed by atoms with Gasteiger partial charge in [-0.3, -0.25) is 0 Å².